The average molecular weight is 551 g/mol. The first-order valence-corrected chi connectivity index (χ1v) is 14.2. The Kier molecular flexibility index (Phi) is 8.56. The Morgan fingerprint density at radius 1 is 1.00 bits per heavy atom. The highest BCUT2D eigenvalue weighted by Gasteiger charge is 2.37. The number of nitrogens with zero attached hydrogens (tertiary/aromatic N) is 1. The Balaban J connectivity index is 1.63. The van der Waals surface area contributed by atoms with Gasteiger partial charge in [-0.15, -0.1) is 11.3 Å². The van der Waals surface area contributed by atoms with Crippen molar-refractivity contribution in [2.24, 2.45) is 0 Å². The summed E-state index contributed by atoms with van der Waals surface area (Å²) in [7, 11) is 3.10. The molecule has 1 unspecified atom stereocenters. The summed E-state index contributed by atoms with van der Waals surface area (Å²) < 4.78 is 22.9. The first kappa shape index (κ1) is 26.9. The molecule has 3 aromatic rings. The summed E-state index contributed by atoms with van der Waals surface area (Å²) in [5.74, 6) is 1.56. The molecule has 8 nitrogen and oxygen atoms in total. The maximum atomic E-state index is 14.2. The predicted molar refractivity (Wildman–Crippen MR) is 150 cm³/mol. The highest BCUT2D eigenvalue weighted by molar-refractivity contribution is 7.10. The summed E-state index contributed by atoms with van der Waals surface area (Å²) >= 11 is 1.51. The van der Waals surface area contributed by atoms with E-state index in [1.165, 1.54) is 17.8 Å². The van der Waals surface area contributed by atoms with E-state index in [2.05, 4.69) is 5.32 Å². The number of carbonyl (C=O) groups excluding carboxylic acids is 2. The monoisotopic (exact) mass is 550 g/mol. The van der Waals surface area contributed by atoms with Gasteiger partial charge in [0.05, 0.1) is 20.6 Å². The van der Waals surface area contributed by atoms with Crippen LogP contribution >= 0.6 is 11.3 Å². The topological polar surface area (TPSA) is 86.3 Å². The molecule has 1 fully saturated rings. The molecule has 206 valence electrons. The van der Waals surface area contributed by atoms with Gasteiger partial charge in [0.25, 0.3) is 0 Å². The second-order valence-electron chi connectivity index (χ2n) is 9.68. The Morgan fingerprint density at radius 3 is 2.51 bits per heavy atom. The molecule has 1 N–H and O–H groups in total. The van der Waals surface area contributed by atoms with E-state index in [1.807, 2.05) is 29.6 Å². The SMILES string of the molecule is COc1cccc(C(C(=O)NC2CCCCC2)N(C(=O)Cc2cccs2)c2ccc3c(c2)OCCO3)c1OC. The van der Waals surface area contributed by atoms with Gasteiger partial charge in [0.15, 0.2) is 23.0 Å². The fraction of sp³-hybridized carbons (Fsp3) is 0.400. The maximum Gasteiger partial charge on any atom is 0.248 e. The van der Waals surface area contributed by atoms with E-state index >= 15 is 0 Å². The van der Waals surface area contributed by atoms with Gasteiger partial charge in [-0.05, 0) is 42.5 Å². The molecule has 2 amide bonds. The van der Waals surface area contributed by atoms with Gasteiger partial charge >= 0.3 is 0 Å². The zero-order valence-electron chi connectivity index (χ0n) is 22.3. The van der Waals surface area contributed by atoms with E-state index in [-0.39, 0.29) is 24.3 Å². The van der Waals surface area contributed by atoms with Crippen LogP contribution in [-0.2, 0) is 16.0 Å². The van der Waals surface area contributed by atoms with Crippen molar-refractivity contribution in [2.45, 2.75) is 50.6 Å². The molecule has 5 rings (SSSR count). The van der Waals surface area contributed by atoms with Crippen LogP contribution in [0.4, 0.5) is 5.69 Å². The van der Waals surface area contributed by atoms with Gasteiger partial charge in [0.1, 0.15) is 19.3 Å². The molecule has 0 bridgehead atoms. The zero-order valence-corrected chi connectivity index (χ0v) is 23.1. The van der Waals surface area contributed by atoms with Crippen LogP contribution in [0, 0.1) is 0 Å². The second-order valence-corrected chi connectivity index (χ2v) is 10.7. The third-order valence-corrected chi connectivity index (χ3v) is 8.04. The molecule has 1 aliphatic heterocycles. The number of carbonyl (C=O) groups is 2. The van der Waals surface area contributed by atoms with Crippen LogP contribution in [0.3, 0.4) is 0 Å². The standard InChI is InChI=1S/C30H34N2O6S/c1-35-25-12-6-11-23(29(25)36-2)28(30(34)31-20-8-4-3-5-9-20)32(27(33)19-22-10-7-17-39-22)21-13-14-24-26(18-21)38-16-15-37-24/h6-7,10-14,17-18,20,28H,3-5,8-9,15-16,19H2,1-2H3,(H,31,34). The molecular weight excluding hydrogens is 516 g/mol. The number of benzene rings is 2. The van der Waals surface area contributed by atoms with Gasteiger partial charge in [-0.25, -0.2) is 0 Å². The van der Waals surface area contributed by atoms with E-state index < -0.39 is 6.04 Å². The predicted octanol–water partition coefficient (Wildman–Crippen LogP) is 5.30. The van der Waals surface area contributed by atoms with E-state index in [4.69, 9.17) is 18.9 Å². The van der Waals surface area contributed by atoms with Gasteiger partial charge in [0, 0.05) is 28.2 Å². The van der Waals surface area contributed by atoms with Crippen LogP contribution in [-0.4, -0.2) is 45.3 Å². The van der Waals surface area contributed by atoms with Crippen LogP contribution in [0.1, 0.15) is 48.6 Å². The summed E-state index contributed by atoms with van der Waals surface area (Å²) in [5.41, 5.74) is 1.08. The van der Waals surface area contributed by atoms with Crippen LogP contribution in [0.15, 0.2) is 53.9 Å². The van der Waals surface area contributed by atoms with Crippen molar-refractivity contribution in [3.63, 3.8) is 0 Å². The average Bonchev–Trinajstić information content (AvgIpc) is 3.48. The number of nitrogens with one attached hydrogen (secondary N) is 1. The fourth-order valence-electron chi connectivity index (χ4n) is 5.32. The van der Waals surface area contributed by atoms with Gasteiger partial charge in [-0.2, -0.15) is 0 Å². The largest absolute Gasteiger partial charge is 0.493 e. The molecular formula is C30H34N2O6S. The number of methoxy groups -OCH3 is 2. The highest BCUT2D eigenvalue weighted by atomic mass is 32.1. The Bertz CT molecular complexity index is 1290. The number of thiophene rings is 1. The van der Waals surface area contributed by atoms with Gasteiger partial charge in [-0.3, -0.25) is 14.5 Å². The number of ether oxygens (including phenoxy) is 4. The summed E-state index contributed by atoms with van der Waals surface area (Å²) in [6.07, 6.45) is 5.29. The van der Waals surface area contributed by atoms with E-state index in [0.29, 0.717) is 47.5 Å². The van der Waals surface area contributed by atoms with Crippen LogP contribution < -0.4 is 29.2 Å². The molecule has 1 aromatic heterocycles. The lowest BCUT2D eigenvalue weighted by molar-refractivity contribution is -0.127. The quantitative estimate of drug-likeness (QED) is 0.389. The Morgan fingerprint density at radius 2 is 1.79 bits per heavy atom. The van der Waals surface area contributed by atoms with Crippen molar-refractivity contribution in [3.05, 3.63) is 64.4 Å². The van der Waals surface area contributed by atoms with Crippen molar-refractivity contribution in [3.8, 4) is 23.0 Å². The maximum absolute atomic E-state index is 14.2. The zero-order chi connectivity index (χ0) is 27.2. The van der Waals surface area contributed by atoms with Crippen molar-refractivity contribution in [1.29, 1.82) is 0 Å². The molecule has 1 atom stereocenters. The van der Waals surface area contributed by atoms with Crippen LogP contribution in [0.25, 0.3) is 0 Å². The minimum absolute atomic E-state index is 0.0554. The lowest BCUT2D eigenvalue weighted by Gasteiger charge is -2.34. The van der Waals surface area contributed by atoms with Crippen molar-refractivity contribution >= 4 is 28.8 Å². The van der Waals surface area contributed by atoms with Crippen LogP contribution in [0.2, 0.25) is 0 Å². The van der Waals surface area contributed by atoms with Crippen LogP contribution in [0.5, 0.6) is 23.0 Å². The molecule has 2 aliphatic rings. The molecule has 1 aliphatic carbocycles. The number of para-hydroxylation sites is 1. The smallest absolute Gasteiger partial charge is 0.248 e. The number of fused-ring (bicyclic) bond motifs is 1. The van der Waals surface area contributed by atoms with Crippen molar-refractivity contribution in [2.75, 3.05) is 32.3 Å². The minimum atomic E-state index is -1.01. The second kappa shape index (κ2) is 12.4. The fourth-order valence-corrected chi connectivity index (χ4v) is 6.01. The minimum Gasteiger partial charge on any atom is -0.493 e. The summed E-state index contributed by atoms with van der Waals surface area (Å²) in [6.45, 7) is 0.871. The first-order valence-electron chi connectivity index (χ1n) is 13.3. The van der Waals surface area contributed by atoms with Crippen molar-refractivity contribution in [1.82, 2.24) is 5.32 Å². The number of hydrogen-bond donors (Lipinski definition) is 1. The third-order valence-electron chi connectivity index (χ3n) is 7.16. The molecule has 1 saturated carbocycles. The molecule has 2 heterocycles. The van der Waals surface area contributed by atoms with Gasteiger partial charge in [0.2, 0.25) is 11.8 Å². The van der Waals surface area contributed by atoms with E-state index in [9.17, 15) is 9.59 Å². The molecule has 39 heavy (non-hydrogen) atoms. The number of rotatable bonds is 9. The number of hydrogen-bond acceptors (Lipinski definition) is 7. The molecule has 0 radical (unpaired) electrons. The third kappa shape index (κ3) is 5.98. The Hall–Kier alpha value is -3.72. The number of anilines is 1. The molecule has 9 heteroatoms. The lowest BCUT2D eigenvalue weighted by Crippen LogP contribution is -2.47. The molecule has 0 saturated heterocycles. The highest BCUT2D eigenvalue weighted by Crippen LogP contribution is 2.42. The number of amides is 2. The van der Waals surface area contributed by atoms with E-state index in [1.54, 1.807) is 43.4 Å². The summed E-state index contributed by atoms with van der Waals surface area (Å²) in [6, 6.07) is 13.6. The molecule has 2 aromatic carbocycles. The Labute approximate surface area is 232 Å². The molecule has 0 spiro atoms. The summed E-state index contributed by atoms with van der Waals surface area (Å²) in [5, 5.41) is 5.19. The van der Waals surface area contributed by atoms with E-state index in [0.717, 1.165) is 30.6 Å². The van der Waals surface area contributed by atoms with Gasteiger partial charge in [-0.1, -0.05) is 37.5 Å². The first-order chi connectivity index (χ1) is 19.1. The normalized spacial score (nSPS) is 15.7. The van der Waals surface area contributed by atoms with Gasteiger partial charge < -0.3 is 24.3 Å². The lowest BCUT2D eigenvalue weighted by atomic mass is 9.94. The summed E-state index contributed by atoms with van der Waals surface area (Å²) in [4.78, 5) is 30.9. The van der Waals surface area contributed by atoms with Crippen molar-refractivity contribution < 1.29 is 28.5 Å².